The molecular weight excluding hydrogens is 300 g/mol. The van der Waals surface area contributed by atoms with Gasteiger partial charge in [0.15, 0.2) is 11.6 Å². The van der Waals surface area contributed by atoms with Crippen LogP contribution in [0.25, 0.3) is 0 Å². The SMILES string of the molecule is Cc1cccc(Cl)c1NC(=O)c1cc(F)c(NN)c(F)c1. The van der Waals surface area contributed by atoms with Crippen LogP contribution in [-0.2, 0) is 0 Å². The zero-order valence-electron chi connectivity index (χ0n) is 11.0. The van der Waals surface area contributed by atoms with E-state index in [-0.39, 0.29) is 5.56 Å². The van der Waals surface area contributed by atoms with Gasteiger partial charge in [-0.15, -0.1) is 0 Å². The Morgan fingerprint density at radius 3 is 2.33 bits per heavy atom. The Labute approximate surface area is 124 Å². The minimum Gasteiger partial charge on any atom is -0.320 e. The maximum Gasteiger partial charge on any atom is 0.255 e. The second-order valence-electron chi connectivity index (χ2n) is 4.35. The van der Waals surface area contributed by atoms with Crippen molar-refractivity contribution >= 4 is 28.9 Å². The maximum atomic E-state index is 13.6. The highest BCUT2D eigenvalue weighted by Crippen LogP contribution is 2.26. The van der Waals surface area contributed by atoms with Gasteiger partial charge in [0.2, 0.25) is 0 Å². The first kappa shape index (κ1) is 15.2. The molecule has 0 aliphatic rings. The molecule has 110 valence electrons. The van der Waals surface area contributed by atoms with Crippen molar-refractivity contribution < 1.29 is 13.6 Å². The van der Waals surface area contributed by atoms with Gasteiger partial charge in [0, 0.05) is 5.56 Å². The van der Waals surface area contributed by atoms with E-state index >= 15 is 0 Å². The third-order valence-corrected chi connectivity index (χ3v) is 3.22. The summed E-state index contributed by atoms with van der Waals surface area (Å²) in [5.41, 5.74) is 2.35. The summed E-state index contributed by atoms with van der Waals surface area (Å²) < 4.78 is 27.2. The van der Waals surface area contributed by atoms with Gasteiger partial charge in [0.05, 0.1) is 10.7 Å². The summed E-state index contributed by atoms with van der Waals surface area (Å²) in [4.78, 5) is 12.1. The molecule has 2 aromatic carbocycles. The lowest BCUT2D eigenvalue weighted by Gasteiger charge is -2.11. The van der Waals surface area contributed by atoms with Crippen LogP contribution in [0.15, 0.2) is 30.3 Å². The number of anilines is 2. The van der Waals surface area contributed by atoms with Crippen LogP contribution >= 0.6 is 11.6 Å². The number of carbonyl (C=O) groups is 1. The molecule has 0 unspecified atom stereocenters. The number of nitrogens with one attached hydrogen (secondary N) is 2. The summed E-state index contributed by atoms with van der Waals surface area (Å²) in [6.45, 7) is 1.75. The zero-order chi connectivity index (χ0) is 15.6. The summed E-state index contributed by atoms with van der Waals surface area (Å²) in [6, 6.07) is 6.87. The lowest BCUT2D eigenvalue weighted by Crippen LogP contribution is -2.16. The third-order valence-electron chi connectivity index (χ3n) is 2.91. The van der Waals surface area contributed by atoms with Gasteiger partial charge in [-0.1, -0.05) is 23.7 Å². The van der Waals surface area contributed by atoms with Crippen LogP contribution in [-0.4, -0.2) is 5.91 Å². The number of aryl methyl sites for hydroxylation is 1. The van der Waals surface area contributed by atoms with Gasteiger partial charge in [-0.2, -0.15) is 0 Å². The van der Waals surface area contributed by atoms with E-state index in [0.717, 1.165) is 17.7 Å². The number of hydrazine groups is 1. The summed E-state index contributed by atoms with van der Waals surface area (Å²) in [5.74, 6) is 2.40. The second-order valence-corrected chi connectivity index (χ2v) is 4.75. The summed E-state index contributed by atoms with van der Waals surface area (Å²) >= 11 is 5.98. The van der Waals surface area contributed by atoms with E-state index in [1.807, 2.05) is 5.43 Å². The number of benzene rings is 2. The van der Waals surface area contributed by atoms with E-state index in [0.29, 0.717) is 10.7 Å². The highest BCUT2D eigenvalue weighted by atomic mass is 35.5. The molecule has 0 aliphatic heterocycles. The normalized spacial score (nSPS) is 10.3. The second kappa shape index (κ2) is 6.07. The van der Waals surface area contributed by atoms with E-state index in [1.54, 1.807) is 25.1 Å². The van der Waals surface area contributed by atoms with E-state index in [1.165, 1.54) is 0 Å². The highest BCUT2D eigenvalue weighted by Gasteiger charge is 2.16. The van der Waals surface area contributed by atoms with Gasteiger partial charge >= 0.3 is 0 Å². The molecule has 0 bridgehead atoms. The molecular formula is C14H12ClF2N3O. The van der Waals surface area contributed by atoms with Gasteiger partial charge in [-0.3, -0.25) is 10.6 Å². The highest BCUT2D eigenvalue weighted by molar-refractivity contribution is 6.34. The van der Waals surface area contributed by atoms with Crippen molar-refractivity contribution in [3.63, 3.8) is 0 Å². The molecule has 0 spiro atoms. The Morgan fingerprint density at radius 1 is 1.19 bits per heavy atom. The Kier molecular flexibility index (Phi) is 4.40. The first-order chi connectivity index (χ1) is 9.93. The molecule has 0 saturated carbocycles. The number of amides is 1. The number of para-hydroxylation sites is 1. The van der Waals surface area contributed by atoms with Crippen molar-refractivity contribution in [2.24, 2.45) is 5.84 Å². The molecule has 2 aromatic rings. The number of halogens is 3. The average Bonchev–Trinajstić information content (AvgIpc) is 2.42. The molecule has 0 aromatic heterocycles. The molecule has 1 amide bonds. The van der Waals surface area contributed by atoms with Crippen LogP contribution in [0.3, 0.4) is 0 Å². The minimum absolute atomic E-state index is 0.177. The van der Waals surface area contributed by atoms with E-state index in [2.05, 4.69) is 5.32 Å². The van der Waals surface area contributed by atoms with Crippen LogP contribution in [0.2, 0.25) is 5.02 Å². The van der Waals surface area contributed by atoms with Crippen LogP contribution in [0.1, 0.15) is 15.9 Å². The molecule has 4 nitrogen and oxygen atoms in total. The Balaban J connectivity index is 2.33. The Hall–Kier alpha value is -2.18. The quantitative estimate of drug-likeness (QED) is 0.600. The fraction of sp³-hybridized carbons (Fsp3) is 0.0714. The minimum atomic E-state index is -0.960. The standard InChI is InChI=1S/C14H12ClF2N3O/c1-7-3-2-4-9(15)12(7)19-14(21)8-5-10(16)13(20-18)11(17)6-8/h2-6,20H,18H2,1H3,(H,19,21). The van der Waals surface area contributed by atoms with Crippen molar-refractivity contribution in [2.75, 3.05) is 10.7 Å². The molecule has 0 atom stereocenters. The number of carbonyl (C=O) groups excluding carboxylic acids is 1. The molecule has 21 heavy (non-hydrogen) atoms. The van der Waals surface area contributed by atoms with Crippen molar-refractivity contribution in [3.05, 3.63) is 58.1 Å². The first-order valence-corrected chi connectivity index (χ1v) is 6.34. The first-order valence-electron chi connectivity index (χ1n) is 5.96. The van der Waals surface area contributed by atoms with Gasteiger partial charge in [0.1, 0.15) is 5.69 Å². The lowest BCUT2D eigenvalue weighted by atomic mass is 10.1. The van der Waals surface area contributed by atoms with E-state index < -0.39 is 23.2 Å². The van der Waals surface area contributed by atoms with Gasteiger partial charge < -0.3 is 10.7 Å². The molecule has 7 heteroatoms. The Morgan fingerprint density at radius 2 is 1.81 bits per heavy atom. The molecule has 0 heterocycles. The molecule has 0 aliphatic carbocycles. The maximum absolute atomic E-state index is 13.6. The summed E-state index contributed by atoms with van der Waals surface area (Å²) in [5, 5.41) is 2.87. The van der Waals surface area contributed by atoms with Gasteiger partial charge in [-0.25, -0.2) is 8.78 Å². The van der Waals surface area contributed by atoms with Crippen molar-refractivity contribution in [1.82, 2.24) is 0 Å². The van der Waals surface area contributed by atoms with Crippen LogP contribution < -0.4 is 16.6 Å². The predicted octanol–water partition coefficient (Wildman–Crippen LogP) is 3.46. The molecule has 0 radical (unpaired) electrons. The van der Waals surface area contributed by atoms with E-state index in [4.69, 9.17) is 17.4 Å². The number of rotatable bonds is 3. The summed E-state index contributed by atoms with van der Waals surface area (Å²) in [6.07, 6.45) is 0. The van der Waals surface area contributed by atoms with Crippen molar-refractivity contribution in [1.29, 1.82) is 0 Å². The van der Waals surface area contributed by atoms with Crippen molar-refractivity contribution in [2.45, 2.75) is 6.92 Å². The smallest absolute Gasteiger partial charge is 0.255 e. The van der Waals surface area contributed by atoms with Crippen LogP contribution in [0.4, 0.5) is 20.2 Å². The number of nitrogens with two attached hydrogens (primary N) is 1. The van der Waals surface area contributed by atoms with Gasteiger partial charge in [0.25, 0.3) is 5.91 Å². The monoisotopic (exact) mass is 311 g/mol. The van der Waals surface area contributed by atoms with E-state index in [9.17, 15) is 13.6 Å². The predicted molar refractivity (Wildman–Crippen MR) is 78.3 cm³/mol. The molecule has 0 fully saturated rings. The van der Waals surface area contributed by atoms with Crippen molar-refractivity contribution in [3.8, 4) is 0 Å². The van der Waals surface area contributed by atoms with Crippen LogP contribution in [0, 0.1) is 18.6 Å². The molecule has 4 N–H and O–H groups in total. The fourth-order valence-electron chi connectivity index (χ4n) is 1.82. The zero-order valence-corrected chi connectivity index (χ0v) is 11.8. The van der Waals surface area contributed by atoms with Crippen LogP contribution in [0.5, 0.6) is 0 Å². The average molecular weight is 312 g/mol. The number of hydrogen-bond donors (Lipinski definition) is 3. The topological polar surface area (TPSA) is 67.2 Å². The summed E-state index contributed by atoms with van der Waals surface area (Å²) in [7, 11) is 0. The Bertz CT molecular complexity index is 663. The third kappa shape index (κ3) is 3.12. The number of nitrogen functional groups attached to an aromatic ring is 1. The largest absolute Gasteiger partial charge is 0.320 e. The molecule has 0 saturated heterocycles. The number of hydrogen-bond acceptors (Lipinski definition) is 3. The fourth-order valence-corrected chi connectivity index (χ4v) is 2.09. The lowest BCUT2D eigenvalue weighted by molar-refractivity contribution is 0.102. The van der Waals surface area contributed by atoms with Gasteiger partial charge in [-0.05, 0) is 30.7 Å². The molecule has 2 rings (SSSR count).